The number of ether oxygens (including phenoxy) is 2. The SMILES string of the molecule is COc1c([C@H]2[C@H](C(=O)Nc3cccnc3C(C)=O)O[C@@](C)(C(F)(F)F)[C@H]2C)ccc(F)c1F. The molecule has 1 amide bonds. The van der Waals surface area contributed by atoms with Crippen molar-refractivity contribution < 1.29 is 41.0 Å². The maximum Gasteiger partial charge on any atom is 0.417 e. The Morgan fingerprint density at radius 1 is 1.21 bits per heavy atom. The minimum absolute atomic E-state index is 0.0251. The van der Waals surface area contributed by atoms with Gasteiger partial charge in [-0.15, -0.1) is 0 Å². The van der Waals surface area contributed by atoms with Crippen molar-refractivity contribution in [2.45, 2.75) is 44.6 Å². The number of amides is 1. The number of hydrogen-bond donors (Lipinski definition) is 1. The van der Waals surface area contributed by atoms with E-state index in [4.69, 9.17) is 9.47 Å². The Morgan fingerprint density at radius 2 is 1.88 bits per heavy atom. The summed E-state index contributed by atoms with van der Waals surface area (Å²) in [5, 5.41) is 2.38. The molecule has 0 aliphatic carbocycles. The molecule has 0 spiro atoms. The highest BCUT2D eigenvalue weighted by Crippen LogP contribution is 2.55. The Kier molecular flexibility index (Phi) is 6.47. The van der Waals surface area contributed by atoms with E-state index in [9.17, 15) is 31.5 Å². The second kappa shape index (κ2) is 8.69. The number of aromatic nitrogens is 1. The van der Waals surface area contributed by atoms with E-state index in [1.54, 1.807) is 0 Å². The van der Waals surface area contributed by atoms with Crippen LogP contribution in [-0.4, -0.2) is 41.7 Å². The lowest BCUT2D eigenvalue weighted by Crippen LogP contribution is -2.47. The van der Waals surface area contributed by atoms with Gasteiger partial charge in [-0.25, -0.2) is 4.39 Å². The van der Waals surface area contributed by atoms with Crippen LogP contribution in [0, 0.1) is 17.6 Å². The Hall–Kier alpha value is -3.08. The van der Waals surface area contributed by atoms with Gasteiger partial charge in [0.05, 0.1) is 12.8 Å². The van der Waals surface area contributed by atoms with Crippen molar-refractivity contribution in [3.8, 4) is 5.75 Å². The molecule has 0 unspecified atom stereocenters. The van der Waals surface area contributed by atoms with E-state index in [-0.39, 0.29) is 16.9 Å². The fraction of sp³-hybridized carbons (Fsp3) is 0.409. The van der Waals surface area contributed by atoms with Gasteiger partial charge in [0.2, 0.25) is 5.82 Å². The molecule has 3 rings (SSSR count). The molecule has 4 atom stereocenters. The zero-order chi connectivity index (χ0) is 24.7. The van der Waals surface area contributed by atoms with Crippen LogP contribution in [0.25, 0.3) is 0 Å². The number of carbonyl (C=O) groups is 2. The molecule has 1 aliphatic rings. The first-order valence-corrected chi connectivity index (χ1v) is 9.86. The number of benzene rings is 1. The maximum absolute atomic E-state index is 14.4. The second-order valence-electron chi connectivity index (χ2n) is 7.89. The van der Waals surface area contributed by atoms with Crippen molar-refractivity contribution in [2.75, 3.05) is 12.4 Å². The van der Waals surface area contributed by atoms with Gasteiger partial charge in [0, 0.05) is 30.5 Å². The molecular weight excluding hydrogens is 451 g/mol. The second-order valence-corrected chi connectivity index (χ2v) is 7.89. The van der Waals surface area contributed by atoms with E-state index >= 15 is 0 Å². The van der Waals surface area contributed by atoms with Gasteiger partial charge in [-0.3, -0.25) is 14.6 Å². The monoisotopic (exact) mass is 472 g/mol. The number of alkyl halides is 3. The molecule has 0 radical (unpaired) electrons. The van der Waals surface area contributed by atoms with Crippen LogP contribution < -0.4 is 10.1 Å². The molecule has 1 aromatic heterocycles. The van der Waals surface area contributed by atoms with Gasteiger partial charge in [0.15, 0.2) is 23.0 Å². The van der Waals surface area contributed by atoms with Crippen molar-refractivity contribution in [3.63, 3.8) is 0 Å². The number of nitrogens with one attached hydrogen (secondary N) is 1. The van der Waals surface area contributed by atoms with Gasteiger partial charge in [-0.2, -0.15) is 17.6 Å². The minimum atomic E-state index is -4.88. The van der Waals surface area contributed by atoms with Crippen LogP contribution in [0.1, 0.15) is 42.7 Å². The highest BCUT2D eigenvalue weighted by molar-refractivity contribution is 6.03. The van der Waals surface area contributed by atoms with Gasteiger partial charge in [0.1, 0.15) is 11.8 Å². The third-order valence-corrected chi connectivity index (χ3v) is 5.97. The van der Waals surface area contributed by atoms with Gasteiger partial charge in [-0.1, -0.05) is 13.0 Å². The molecule has 2 aromatic rings. The standard InChI is InChI=1S/C22H21F5N2O4/c1-10-15(12-7-8-13(23)16(24)18(12)32-4)19(33-21(10,3)22(25,26)27)20(31)29-14-6-5-9-28-17(14)11(2)30/h5-10,15,19H,1-4H3,(H,29,31)/t10-,15-,19+,21+/m0/s1. The van der Waals surface area contributed by atoms with Gasteiger partial charge in [-0.05, 0) is 25.1 Å². The highest BCUT2D eigenvalue weighted by Gasteiger charge is 2.66. The van der Waals surface area contributed by atoms with Gasteiger partial charge < -0.3 is 14.8 Å². The summed E-state index contributed by atoms with van der Waals surface area (Å²) >= 11 is 0. The van der Waals surface area contributed by atoms with E-state index in [1.807, 2.05) is 0 Å². The van der Waals surface area contributed by atoms with Crippen LogP contribution in [0.5, 0.6) is 5.75 Å². The van der Waals surface area contributed by atoms with Crippen LogP contribution in [0.15, 0.2) is 30.5 Å². The predicted molar refractivity (Wildman–Crippen MR) is 107 cm³/mol. The summed E-state index contributed by atoms with van der Waals surface area (Å²) in [6, 6.07) is 4.59. The van der Waals surface area contributed by atoms with Crippen LogP contribution in [0.2, 0.25) is 0 Å². The topological polar surface area (TPSA) is 77.5 Å². The number of pyridine rings is 1. The number of ketones is 1. The average Bonchev–Trinajstić information content (AvgIpc) is 3.02. The average molecular weight is 472 g/mol. The Bertz CT molecular complexity index is 1090. The Labute approximate surface area is 186 Å². The molecule has 1 saturated heterocycles. The molecule has 2 heterocycles. The summed E-state index contributed by atoms with van der Waals surface area (Å²) in [5.41, 5.74) is -3.07. The number of rotatable bonds is 5. The first-order chi connectivity index (χ1) is 15.3. The normalized spacial score (nSPS) is 25.1. The number of nitrogens with zero attached hydrogens (tertiary/aromatic N) is 1. The maximum atomic E-state index is 14.4. The van der Waals surface area contributed by atoms with Crippen molar-refractivity contribution in [2.24, 2.45) is 5.92 Å². The van der Waals surface area contributed by atoms with E-state index in [2.05, 4.69) is 10.3 Å². The van der Waals surface area contributed by atoms with E-state index in [1.165, 1.54) is 32.2 Å². The van der Waals surface area contributed by atoms with E-state index in [0.29, 0.717) is 0 Å². The number of hydrogen-bond acceptors (Lipinski definition) is 5. The molecule has 11 heteroatoms. The fourth-order valence-corrected chi connectivity index (χ4v) is 4.03. The number of Topliss-reactive ketones (excluding diaryl/α,β-unsaturated/α-hetero) is 1. The number of carbonyl (C=O) groups excluding carboxylic acids is 2. The highest BCUT2D eigenvalue weighted by atomic mass is 19.4. The molecule has 0 saturated carbocycles. The molecular formula is C22H21F5N2O4. The summed E-state index contributed by atoms with van der Waals surface area (Å²) in [4.78, 5) is 28.8. The van der Waals surface area contributed by atoms with Crippen LogP contribution >= 0.6 is 0 Å². The number of halogens is 5. The lowest BCUT2D eigenvalue weighted by atomic mass is 9.77. The molecule has 178 valence electrons. The smallest absolute Gasteiger partial charge is 0.417 e. The molecule has 33 heavy (non-hydrogen) atoms. The zero-order valence-corrected chi connectivity index (χ0v) is 18.1. The molecule has 6 nitrogen and oxygen atoms in total. The summed E-state index contributed by atoms with van der Waals surface area (Å²) in [6.45, 7) is 3.20. The lowest BCUT2D eigenvalue weighted by Gasteiger charge is -2.32. The first-order valence-electron chi connectivity index (χ1n) is 9.86. The summed E-state index contributed by atoms with van der Waals surface area (Å²) < 4.78 is 80.2. The molecule has 1 aromatic carbocycles. The quantitative estimate of drug-likeness (QED) is 0.507. The minimum Gasteiger partial charge on any atom is -0.493 e. The third-order valence-electron chi connectivity index (χ3n) is 5.97. The molecule has 1 N–H and O–H groups in total. The summed E-state index contributed by atoms with van der Waals surface area (Å²) in [5.74, 6) is -7.53. The lowest BCUT2D eigenvalue weighted by molar-refractivity contribution is -0.272. The van der Waals surface area contributed by atoms with Crippen molar-refractivity contribution in [3.05, 3.63) is 53.4 Å². The third kappa shape index (κ3) is 4.17. The van der Waals surface area contributed by atoms with Crippen LogP contribution in [0.4, 0.5) is 27.6 Å². The Morgan fingerprint density at radius 3 is 2.45 bits per heavy atom. The Balaban J connectivity index is 2.11. The largest absolute Gasteiger partial charge is 0.493 e. The molecule has 0 bridgehead atoms. The molecule has 1 aliphatic heterocycles. The number of methoxy groups -OCH3 is 1. The number of anilines is 1. The van der Waals surface area contributed by atoms with Crippen molar-refractivity contribution >= 4 is 17.4 Å². The fourth-order valence-electron chi connectivity index (χ4n) is 4.03. The van der Waals surface area contributed by atoms with Gasteiger partial charge in [0.25, 0.3) is 5.91 Å². The van der Waals surface area contributed by atoms with E-state index < -0.39 is 58.8 Å². The zero-order valence-electron chi connectivity index (χ0n) is 18.1. The van der Waals surface area contributed by atoms with Crippen LogP contribution in [-0.2, 0) is 9.53 Å². The van der Waals surface area contributed by atoms with E-state index in [0.717, 1.165) is 26.2 Å². The summed E-state index contributed by atoms with van der Waals surface area (Å²) in [7, 11) is 1.04. The predicted octanol–water partition coefficient (Wildman–Crippen LogP) is 4.65. The summed E-state index contributed by atoms with van der Waals surface area (Å²) in [6.07, 6.45) is -5.34. The van der Waals surface area contributed by atoms with Crippen LogP contribution in [0.3, 0.4) is 0 Å². The first kappa shape index (κ1) is 24.6. The molecule has 1 fully saturated rings. The van der Waals surface area contributed by atoms with Crippen molar-refractivity contribution in [1.29, 1.82) is 0 Å². The van der Waals surface area contributed by atoms with Crippen molar-refractivity contribution in [1.82, 2.24) is 4.98 Å². The van der Waals surface area contributed by atoms with Gasteiger partial charge >= 0.3 is 6.18 Å².